The van der Waals surface area contributed by atoms with Crippen molar-refractivity contribution in [1.29, 1.82) is 0 Å². The lowest BCUT2D eigenvalue weighted by atomic mass is 10.1. The van der Waals surface area contributed by atoms with Crippen LogP contribution < -0.4 is 5.56 Å². The number of halogens is 1. The molecule has 0 amide bonds. The molecule has 13 heavy (non-hydrogen) atoms. The zero-order valence-corrected chi connectivity index (χ0v) is 7.85. The minimum atomic E-state index is -0.236. The molecule has 2 rings (SSSR count). The summed E-state index contributed by atoms with van der Waals surface area (Å²) < 4.78 is 0. The Morgan fingerprint density at radius 2 is 2.15 bits per heavy atom. The van der Waals surface area contributed by atoms with E-state index in [4.69, 9.17) is 11.6 Å². The third kappa shape index (κ3) is 1.33. The number of aromatic amines is 1. The maximum absolute atomic E-state index is 11.2. The van der Waals surface area contributed by atoms with Gasteiger partial charge in [0, 0.05) is 10.9 Å². The van der Waals surface area contributed by atoms with Crippen LogP contribution >= 0.6 is 11.6 Å². The molecule has 0 fully saturated rings. The van der Waals surface area contributed by atoms with Crippen molar-refractivity contribution in [1.82, 2.24) is 4.98 Å². The Balaban J connectivity index is 2.97. The number of hydrogen-bond donors (Lipinski definition) is 1. The van der Waals surface area contributed by atoms with Gasteiger partial charge in [-0.3, -0.25) is 4.79 Å². The van der Waals surface area contributed by atoms with Crippen molar-refractivity contribution in [2.75, 3.05) is 0 Å². The number of nitrogens with one attached hydrogen (secondary N) is 1. The molecule has 0 spiro atoms. The molecule has 0 atom stereocenters. The predicted octanol–water partition coefficient (Wildman–Crippen LogP) is 2.49. The molecule has 0 saturated heterocycles. The lowest BCUT2D eigenvalue weighted by Crippen LogP contribution is -2.05. The third-order valence-corrected chi connectivity index (χ3v) is 2.34. The quantitative estimate of drug-likeness (QED) is 0.685. The van der Waals surface area contributed by atoms with Crippen LogP contribution in [0.1, 0.15) is 5.56 Å². The van der Waals surface area contributed by atoms with Crippen LogP contribution in [0, 0.1) is 6.92 Å². The molecule has 0 saturated carbocycles. The highest BCUT2D eigenvalue weighted by Crippen LogP contribution is 2.17. The van der Waals surface area contributed by atoms with Crippen LogP contribution in [-0.4, -0.2) is 4.98 Å². The second-order valence-corrected chi connectivity index (χ2v) is 3.39. The standard InChI is InChI=1S/C10H8ClNO/c1-6-3-2-4-9-7(6)5-8(11)10(13)12-9/h2-5H,1H3,(H,12,13). The SMILES string of the molecule is Cc1cccc2[nH]c(=O)c(Cl)cc12. The van der Waals surface area contributed by atoms with Gasteiger partial charge in [-0.15, -0.1) is 0 Å². The van der Waals surface area contributed by atoms with E-state index in [1.807, 2.05) is 25.1 Å². The molecule has 0 unspecified atom stereocenters. The first-order valence-corrected chi connectivity index (χ1v) is 4.34. The smallest absolute Gasteiger partial charge is 0.267 e. The number of benzene rings is 1. The van der Waals surface area contributed by atoms with Crippen molar-refractivity contribution in [3.8, 4) is 0 Å². The molecule has 0 radical (unpaired) electrons. The summed E-state index contributed by atoms with van der Waals surface area (Å²) in [5, 5.41) is 1.23. The van der Waals surface area contributed by atoms with Crippen LogP contribution in [0.2, 0.25) is 5.02 Å². The summed E-state index contributed by atoms with van der Waals surface area (Å²) in [4.78, 5) is 13.9. The van der Waals surface area contributed by atoms with Crippen LogP contribution in [0.3, 0.4) is 0 Å². The third-order valence-electron chi connectivity index (χ3n) is 2.06. The van der Waals surface area contributed by atoms with Gasteiger partial charge in [-0.25, -0.2) is 0 Å². The molecular formula is C10H8ClNO. The van der Waals surface area contributed by atoms with Gasteiger partial charge in [0.25, 0.3) is 5.56 Å². The summed E-state index contributed by atoms with van der Waals surface area (Å²) in [7, 11) is 0. The molecular weight excluding hydrogens is 186 g/mol. The summed E-state index contributed by atoms with van der Waals surface area (Å²) in [6.07, 6.45) is 0. The minimum absolute atomic E-state index is 0.236. The van der Waals surface area contributed by atoms with E-state index in [2.05, 4.69) is 4.98 Å². The first-order valence-electron chi connectivity index (χ1n) is 3.96. The highest BCUT2D eigenvalue weighted by Gasteiger charge is 2.00. The lowest BCUT2D eigenvalue weighted by molar-refractivity contribution is 1.30. The number of rotatable bonds is 0. The highest BCUT2D eigenvalue weighted by molar-refractivity contribution is 6.31. The summed E-state index contributed by atoms with van der Waals surface area (Å²) in [6.45, 7) is 1.98. The van der Waals surface area contributed by atoms with E-state index in [1.165, 1.54) is 0 Å². The Hall–Kier alpha value is -1.28. The average Bonchev–Trinajstić information content (AvgIpc) is 2.09. The summed E-state index contributed by atoms with van der Waals surface area (Å²) in [5.74, 6) is 0. The number of fused-ring (bicyclic) bond motifs is 1. The van der Waals surface area contributed by atoms with Gasteiger partial charge in [0.05, 0.1) is 0 Å². The van der Waals surface area contributed by atoms with E-state index >= 15 is 0 Å². The molecule has 3 heteroatoms. The molecule has 0 aliphatic rings. The van der Waals surface area contributed by atoms with Crippen molar-refractivity contribution in [2.45, 2.75) is 6.92 Å². The second-order valence-electron chi connectivity index (χ2n) is 2.98. The van der Waals surface area contributed by atoms with E-state index in [1.54, 1.807) is 6.07 Å². The summed E-state index contributed by atoms with van der Waals surface area (Å²) in [5.41, 5.74) is 1.70. The van der Waals surface area contributed by atoms with Crippen LogP contribution in [0.25, 0.3) is 10.9 Å². The van der Waals surface area contributed by atoms with Crippen molar-refractivity contribution >= 4 is 22.5 Å². The van der Waals surface area contributed by atoms with Gasteiger partial charge in [-0.2, -0.15) is 0 Å². The molecule has 2 aromatic rings. The van der Waals surface area contributed by atoms with Crippen molar-refractivity contribution in [2.24, 2.45) is 0 Å². The predicted molar refractivity (Wildman–Crippen MR) is 54.3 cm³/mol. The fourth-order valence-electron chi connectivity index (χ4n) is 1.36. The van der Waals surface area contributed by atoms with Crippen LogP contribution in [0.5, 0.6) is 0 Å². The topological polar surface area (TPSA) is 32.9 Å². The molecule has 66 valence electrons. The van der Waals surface area contributed by atoms with Crippen LogP contribution in [0.15, 0.2) is 29.1 Å². The van der Waals surface area contributed by atoms with Gasteiger partial charge >= 0.3 is 0 Å². The Bertz CT molecular complexity index is 516. The van der Waals surface area contributed by atoms with Gasteiger partial charge in [-0.05, 0) is 24.6 Å². The molecule has 1 aromatic heterocycles. The number of aromatic nitrogens is 1. The molecule has 1 heterocycles. The van der Waals surface area contributed by atoms with E-state index in [0.29, 0.717) is 0 Å². The maximum atomic E-state index is 11.2. The largest absolute Gasteiger partial charge is 0.321 e. The van der Waals surface area contributed by atoms with Gasteiger partial charge in [0.1, 0.15) is 5.02 Å². The minimum Gasteiger partial charge on any atom is -0.321 e. The Morgan fingerprint density at radius 1 is 1.38 bits per heavy atom. The maximum Gasteiger partial charge on any atom is 0.267 e. The molecule has 0 bridgehead atoms. The number of pyridine rings is 1. The average molecular weight is 194 g/mol. The highest BCUT2D eigenvalue weighted by atomic mass is 35.5. The van der Waals surface area contributed by atoms with E-state index in [9.17, 15) is 4.79 Å². The zero-order valence-electron chi connectivity index (χ0n) is 7.10. The fraction of sp³-hybridized carbons (Fsp3) is 0.100. The lowest BCUT2D eigenvalue weighted by Gasteiger charge is -2.00. The molecule has 2 nitrogen and oxygen atoms in total. The molecule has 1 aromatic carbocycles. The molecule has 1 N–H and O–H groups in total. The number of H-pyrrole nitrogens is 1. The first kappa shape index (κ1) is 8.32. The van der Waals surface area contributed by atoms with Gasteiger partial charge in [0.15, 0.2) is 0 Å². The van der Waals surface area contributed by atoms with E-state index < -0.39 is 0 Å². The molecule has 0 aliphatic heterocycles. The van der Waals surface area contributed by atoms with Crippen molar-refractivity contribution in [3.05, 3.63) is 45.2 Å². The fourth-order valence-corrected chi connectivity index (χ4v) is 1.51. The van der Waals surface area contributed by atoms with Gasteiger partial charge in [-0.1, -0.05) is 23.7 Å². The Labute approximate surface area is 80.2 Å². The Kier molecular flexibility index (Phi) is 1.85. The van der Waals surface area contributed by atoms with E-state index in [-0.39, 0.29) is 10.6 Å². The van der Waals surface area contributed by atoms with Gasteiger partial charge in [0.2, 0.25) is 0 Å². The van der Waals surface area contributed by atoms with Crippen LogP contribution in [-0.2, 0) is 0 Å². The number of aryl methyl sites for hydroxylation is 1. The van der Waals surface area contributed by atoms with Crippen molar-refractivity contribution < 1.29 is 0 Å². The summed E-state index contributed by atoms with van der Waals surface area (Å²) >= 11 is 5.72. The van der Waals surface area contributed by atoms with E-state index in [0.717, 1.165) is 16.5 Å². The van der Waals surface area contributed by atoms with Crippen molar-refractivity contribution in [3.63, 3.8) is 0 Å². The van der Waals surface area contributed by atoms with Crippen LogP contribution in [0.4, 0.5) is 0 Å². The monoisotopic (exact) mass is 193 g/mol. The van der Waals surface area contributed by atoms with Gasteiger partial charge < -0.3 is 4.98 Å². The Morgan fingerprint density at radius 3 is 2.92 bits per heavy atom. The normalized spacial score (nSPS) is 10.6. The number of hydrogen-bond acceptors (Lipinski definition) is 1. The zero-order chi connectivity index (χ0) is 9.42. The summed E-state index contributed by atoms with van der Waals surface area (Å²) in [6, 6.07) is 7.45. The second kappa shape index (κ2) is 2.89. The molecule has 0 aliphatic carbocycles. The first-order chi connectivity index (χ1) is 6.18.